The lowest BCUT2D eigenvalue weighted by molar-refractivity contribution is -0.0312. The van der Waals surface area contributed by atoms with Crippen LogP contribution in [0.3, 0.4) is 0 Å². The molecule has 0 aliphatic carbocycles. The van der Waals surface area contributed by atoms with Gasteiger partial charge in [0.15, 0.2) is 0 Å². The highest BCUT2D eigenvalue weighted by Gasteiger charge is 2.18. The molecule has 14 heavy (non-hydrogen) atoms. The van der Waals surface area contributed by atoms with E-state index < -0.39 is 0 Å². The fourth-order valence-electron chi connectivity index (χ4n) is 1.62. The molecule has 1 aromatic carbocycles. The molecule has 1 aliphatic heterocycles. The maximum atomic E-state index is 8.52. The van der Waals surface area contributed by atoms with Crippen molar-refractivity contribution in [3.63, 3.8) is 0 Å². The first kappa shape index (κ1) is 9.23. The standard InChI is InChI=1S/C12H13NO/c13-6-5-10-1-3-11(4-2-10)7-12-8-14-9-12/h1-4,12H,5,7-9H2. The van der Waals surface area contributed by atoms with E-state index in [2.05, 4.69) is 18.2 Å². The van der Waals surface area contributed by atoms with Gasteiger partial charge in [-0.1, -0.05) is 24.3 Å². The predicted octanol–water partition coefficient (Wildman–Crippen LogP) is 1.94. The third-order valence-electron chi connectivity index (χ3n) is 2.54. The van der Waals surface area contributed by atoms with Crippen LogP contribution in [-0.4, -0.2) is 13.2 Å². The maximum absolute atomic E-state index is 8.52. The Bertz CT molecular complexity index is 332. The second-order valence-electron chi connectivity index (χ2n) is 3.76. The highest BCUT2D eigenvalue weighted by Crippen LogP contribution is 2.17. The van der Waals surface area contributed by atoms with Crippen LogP contribution in [-0.2, 0) is 17.6 Å². The Morgan fingerprint density at radius 3 is 2.36 bits per heavy atom. The molecule has 2 rings (SSSR count). The van der Waals surface area contributed by atoms with E-state index >= 15 is 0 Å². The van der Waals surface area contributed by atoms with Gasteiger partial charge in [0.05, 0.1) is 25.7 Å². The molecule has 0 N–H and O–H groups in total. The number of benzene rings is 1. The number of hydrogen-bond donors (Lipinski definition) is 0. The molecule has 2 nitrogen and oxygen atoms in total. The van der Waals surface area contributed by atoms with Gasteiger partial charge in [0.2, 0.25) is 0 Å². The van der Waals surface area contributed by atoms with Gasteiger partial charge in [0, 0.05) is 5.92 Å². The Balaban J connectivity index is 1.95. The molecule has 0 saturated carbocycles. The summed E-state index contributed by atoms with van der Waals surface area (Å²) in [5.41, 5.74) is 2.45. The van der Waals surface area contributed by atoms with Crippen molar-refractivity contribution in [1.82, 2.24) is 0 Å². The number of rotatable bonds is 3. The summed E-state index contributed by atoms with van der Waals surface area (Å²) < 4.78 is 5.13. The zero-order valence-electron chi connectivity index (χ0n) is 8.07. The topological polar surface area (TPSA) is 33.0 Å². The van der Waals surface area contributed by atoms with Gasteiger partial charge in [-0.3, -0.25) is 0 Å². The summed E-state index contributed by atoms with van der Waals surface area (Å²) in [5.74, 6) is 0.705. The molecule has 0 spiro atoms. The summed E-state index contributed by atoms with van der Waals surface area (Å²) in [4.78, 5) is 0. The average Bonchev–Trinajstić information content (AvgIpc) is 2.14. The van der Waals surface area contributed by atoms with E-state index in [1.807, 2.05) is 12.1 Å². The van der Waals surface area contributed by atoms with Gasteiger partial charge in [-0.25, -0.2) is 0 Å². The largest absolute Gasteiger partial charge is 0.381 e. The number of nitriles is 1. The summed E-state index contributed by atoms with van der Waals surface area (Å²) in [6, 6.07) is 10.5. The van der Waals surface area contributed by atoms with Crippen LogP contribution in [0.4, 0.5) is 0 Å². The molecule has 0 unspecified atom stereocenters. The Hall–Kier alpha value is -1.33. The molecule has 1 saturated heterocycles. The Kier molecular flexibility index (Phi) is 2.81. The van der Waals surface area contributed by atoms with Crippen LogP contribution in [0.1, 0.15) is 11.1 Å². The minimum Gasteiger partial charge on any atom is -0.381 e. The highest BCUT2D eigenvalue weighted by molar-refractivity contribution is 5.24. The first-order chi connectivity index (χ1) is 6.88. The second kappa shape index (κ2) is 4.26. The third-order valence-corrected chi connectivity index (χ3v) is 2.54. The van der Waals surface area contributed by atoms with Crippen molar-refractivity contribution in [1.29, 1.82) is 5.26 Å². The summed E-state index contributed by atoms with van der Waals surface area (Å²) in [5, 5.41) is 8.52. The molecule has 1 fully saturated rings. The van der Waals surface area contributed by atoms with Crippen LogP contribution in [0.5, 0.6) is 0 Å². The van der Waals surface area contributed by atoms with Gasteiger partial charge in [-0.05, 0) is 17.5 Å². The van der Waals surface area contributed by atoms with Crippen LogP contribution in [0.15, 0.2) is 24.3 Å². The van der Waals surface area contributed by atoms with Gasteiger partial charge >= 0.3 is 0 Å². The van der Waals surface area contributed by atoms with E-state index in [4.69, 9.17) is 10.00 Å². The lowest BCUT2D eigenvalue weighted by Gasteiger charge is -2.25. The minimum absolute atomic E-state index is 0.507. The van der Waals surface area contributed by atoms with E-state index in [-0.39, 0.29) is 0 Å². The molecule has 1 heterocycles. The quantitative estimate of drug-likeness (QED) is 0.724. The van der Waals surface area contributed by atoms with Crippen molar-refractivity contribution in [3.05, 3.63) is 35.4 Å². The van der Waals surface area contributed by atoms with Crippen LogP contribution in [0.2, 0.25) is 0 Å². The average molecular weight is 187 g/mol. The molecule has 0 aromatic heterocycles. The molecular weight excluding hydrogens is 174 g/mol. The molecule has 1 aromatic rings. The van der Waals surface area contributed by atoms with Crippen LogP contribution in [0.25, 0.3) is 0 Å². The molecule has 1 aliphatic rings. The monoisotopic (exact) mass is 187 g/mol. The number of ether oxygens (including phenoxy) is 1. The van der Waals surface area contributed by atoms with Crippen molar-refractivity contribution in [2.75, 3.05) is 13.2 Å². The molecular formula is C12H13NO. The van der Waals surface area contributed by atoms with E-state index in [0.717, 1.165) is 25.2 Å². The van der Waals surface area contributed by atoms with Gasteiger partial charge in [0.25, 0.3) is 0 Å². The molecule has 0 radical (unpaired) electrons. The van der Waals surface area contributed by atoms with Crippen molar-refractivity contribution < 1.29 is 4.74 Å². The van der Waals surface area contributed by atoms with E-state index in [9.17, 15) is 0 Å². The molecule has 2 heteroatoms. The van der Waals surface area contributed by atoms with Crippen LogP contribution in [0, 0.1) is 17.2 Å². The van der Waals surface area contributed by atoms with Gasteiger partial charge in [-0.2, -0.15) is 5.26 Å². The molecule has 0 amide bonds. The van der Waals surface area contributed by atoms with Crippen molar-refractivity contribution in [2.45, 2.75) is 12.8 Å². The Morgan fingerprint density at radius 1 is 1.21 bits per heavy atom. The zero-order chi connectivity index (χ0) is 9.80. The van der Waals surface area contributed by atoms with Crippen molar-refractivity contribution in [3.8, 4) is 6.07 Å². The fourth-order valence-corrected chi connectivity index (χ4v) is 1.62. The van der Waals surface area contributed by atoms with Crippen molar-refractivity contribution >= 4 is 0 Å². The highest BCUT2D eigenvalue weighted by atomic mass is 16.5. The van der Waals surface area contributed by atoms with Crippen LogP contribution < -0.4 is 0 Å². The van der Waals surface area contributed by atoms with Gasteiger partial charge < -0.3 is 4.74 Å². The van der Waals surface area contributed by atoms with Crippen LogP contribution >= 0.6 is 0 Å². The minimum atomic E-state index is 0.507. The van der Waals surface area contributed by atoms with E-state index in [1.54, 1.807) is 0 Å². The maximum Gasteiger partial charge on any atom is 0.0669 e. The van der Waals surface area contributed by atoms with Gasteiger partial charge in [-0.15, -0.1) is 0 Å². The Morgan fingerprint density at radius 2 is 1.86 bits per heavy atom. The first-order valence-electron chi connectivity index (χ1n) is 4.91. The molecule has 0 atom stereocenters. The third kappa shape index (κ3) is 2.12. The molecule has 72 valence electrons. The number of nitrogens with zero attached hydrogens (tertiary/aromatic N) is 1. The number of hydrogen-bond acceptors (Lipinski definition) is 2. The fraction of sp³-hybridized carbons (Fsp3) is 0.417. The van der Waals surface area contributed by atoms with E-state index in [1.165, 1.54) is 5.56 Å². The Labute approximate surface area is 84.1 Å². The van der Waals surface area contributed by atoms with Crippen molar-refractivity contribution in [2.24, 2.45) is 5.92 Å². The summed E-state index contributed by atoms with van der Waals surface area (Å²) in [6.45, 7) is 1.81. The summed E-state index contributed by atoms with van der Waals surface area (Å²) in [7, 11) is 0. The van der Waals surface area contributed by atoms with Gasteiger partial charge in [0.1, 0.15) is 0 Å². The lowest BCUT2D eigenvalue weighted by atomic mass is 9.97. The zero-order valence-corrected chi connectivity index (χ0v) is 8.07. The predicted molar refractivity (Wildman–Crippen MR) is 53.8 cm³/mol. The lowest BCUT2D eigenvalue weighted by Crippen LogP contribution is -2.29. The normalized spacial score (nSPS) is 15.9. The molecule has 0 bridgehead atoms. The SMILES string of the molecule is N#CCc1ccc(CC2COC2)cc1. The first-order valence-corrected chi connectivity index (χ1v) is 4.91. The van der Waals surface area contributed by atoms with E-state index in [0.29, 0.717) is 12.3 Å². The second-order valence-corrected chi connectivity index (χ2v) is 3.76. The smallest absolute Gasteiger partial charge is 0.0669 e. The summed E-state index contributed by atoms with van der Waals surface area (Å²) in [6.07, 6.45) is 1.61. The summed E-state index contributed by atoms with van der Waals surface area (Å²) >= 11 is 0.